The SMILES string of the molecule is CCCCCCCCCCCCN1CCN(CCCCCCCCCCCC)C1=NP(=O)(OC)OCCCCCCO. The van der Waals surface area contributed by atoms with E-state index in [2.05, 4.69) is 23.6 Å². The quantitative estimate of drug-likeness (QED) is 0.0618. The highest BCUT2D eigenvalue weighted by atomic mass is 31.2. The zero-order valence-corrected chi connectivity index (χ0v) is 29.1. The molecule has 0 amide bonds. The lowest BCUT2D eigenvalue weighted by Gasteiger charge is -2.25. The molecule has 1 heterocycles. The highest BCUT2D eigenvalue weighted by Gasteiger charge is 2.31. The minimum absolute atomic E-state index is 0.217. The van der Waals surface area contributed by atoms with Gasteiger partial charge in [0.05, 0.1) is 6.61 Å². The van der Waals surface area contributed by atoms with Crippen LogP contribution in [0.4, 0.5) is 0 Å². The van der Waals surface area contributed by atoms with Crippen LogP contribution in [0.25, 0.3) is 0 Å². The van der Waals surface area contributed by atoms with Crippen molar-refractivity contribution in [3.63, 3.8) is 0 Å². The molecular weight excluding hydrogens is 545 g/mol. The average Bonchev–Trinajstić information content (AvgIpc) is 3.37. The van der Waals surface area contributed by atoms with E-state index >= 15 is 0 Å². The van der Waals surface area contributed by atoms with E-state index in [1.165, 1.54) is 123 Å². The summed E-state index contributed by atoms with van der Waals surface area (Å²) in [6, 6.07) is 0. The first-order valence-electron chi connectivity index (χ1n) is 18.1. The number of hydrogen-bond donors (Lipinski definition) is 1. The first-order chi connectivity index (χ1) is 20.6. The van der Waals surface area contributed by atoms with E-state index in [1.54, 1.807) is 0 Å². The highest BCUT2D eigenvalue weighted by molar-refractivity contribution is 7.52. The Kier molecular flexibility index (Phi) is 26.2. The summed E-state index contributed by atoms with van der Waals surface area (Å²) >= 11 is 0. The molecule has 0 saturated carbocycles. The Labute approximate surface area is 261 Å². The lowest BCUT2D eigenvalue weighted by molar-refractivity contribution is 0.226. The zero-order valence-electron chi connectivity index (χ0n) is 28.2. The second-order valence-electron chi connectivity index (χ2n) is 12.4. The molecule has 1 N–H and O–H groups in total. The van der Waals surface area contributed by atoms with Gasteiger partial charge in [0.15, 0.2) is 0 Å². The van der Waals surface area contributed by atoms with Crippen molar-refractivity contribution < 1.29 is 18.7 Å². The van der Waals surface area contributed by atoms with Crippen LogP contribution in [0.2, 0.25) is 0 Å². The summed E-state index contributed by atoms with van der Waals surface area (Å²) in [5.41, 5.74) is 0. The Hall–Kier alpha value is -0.620. The van der Waals surface area contributed by atoms with Crippen LogP contribution in [-0.4, -0.2) is 67.4 Å². The van der Waals surface area contributed by atoms with Gasteiger partial charge in [-0.2, -0.15) is 0 Å². The molecule has 1 rings (SSSR count). The molecular formula is C34H70N3O4P. The van der Waals surface area contributed by atoms with Gasteiger partial charge in [0.2, 0.25) is 5.96 Å². The zero-order chi connectivity index (χ0) is 30.6. The third-order valence-electron chi connectivity index (χ3n) is 8.52. The molecule has 1 unspecified atom stereocenters. The van der Waals surface area contributed by atoms with Crippen molar-refractivity contribution in [3.8, 4) is 0 Å². The van der Waals surface area contributed by atoms with Crippen LogP contribution >= 0.6 is 7.75 Å². The fraction of sp³-hybridized carbons (Fsp3) is 0.971. The van der Waals surface area contributed by atoms with Crippen LogP contribution in [0.5, 0.6) is 0 Å². The van der Waals surface area contributed by atoms with Crippen molar-refractivity contribution in [2.75, 3.05) is 46.5 Å². The van der Waals surface area contributed by atoms with Crippen LogP contribution in [0.3, 0.4) is 0 Å². The number of rotatable bonds is 31. The van der Waals surface area contributed by atoms with E-state index in [9.17, 15) is 4.57 Å². The summed E-state index contributed by atoms with van der Waals surface area (Å²) in [6.07, 6.45) is 29.9. The van der Waals surface area contributed by atoms with Crippen molar-refractivity contribution >= 4 is 13.7 Å². The summed E-state index contributed by atoms with van der Waals surface area (Å²) in [5.74, 6) is 0.812. The van der Waals surface area contributed by atoms with Crippen molar-refractivity contribution in [1.29, 1.82) is 0 Å². The lowest BCUT2D eigenvalue weighted by atomic mass is 10.1. The molecule has 1 saturated heterocycles. The predicted molar refractivity (Wildman–Crippen MR) is 180 cm³/mol. The molecule has 0 aromatic rings. The predicted octanol–water partition coefficient (Wildman–Crippen LogP) is 10.1. The number of aliphatic hydroxyl groups is 1. The van der Waals surface area contributed by atoms with Crippen molar-refractivity contribution in [2.24, 2.45) is 4.76 Å². The van der Waals surface area contributed by atoms with Gasteiger partial charge >= 0.3 is 7.75 Å². The van der Waals surface area contributed by atoms with E-state index in [1.807, 2.05) is 0 Å². The third-order valence-corrected chi connectivity index (χ3v) is 9.91. The largest absolute Gasteiger partial charge is 0.456 e. The third kappa shape index (κ3) is 20.4. The molecule has 1 fully saturated rings. The van der Waals surface area contributed by atoms with E-state index < -0.39 is 7.75 Å². The molecule has 0 aromatic carbocycles. The first-order valence-corrected chi connectivity index (χ1v) is 19.6. The van der Waals surface area contributed by atoms with Gasteiger partial charge in [-0.1, -0.05) is 142 Å². The molecule has 42 heavy (non-hydrogen) atoms. The van der Waals surface area contributed by atoms with E-state index in [4.69, 9.17) is 18.9 Å². The molecule has 1 aliphatic rings. The van der Waals surface area contributed by atoms with Crippen molar-refractivity contribution in [1.82, 2.24) is 9.80 Å². The molecule has 250 valence electrons. The summed E-state index contributed by atoms with van der Waals surface area (Å²) in [6.45, 7) is 8.90. The van der Waals surface area contributed by atoms with Crippen LogP contribution in [0.15, 0.2) is 4.76 Å². The number of guanidine groups is 1. The summed E-state index contributed by atoms with van der Waals surface area (Å²) in [5, 5.41) is 8.98. The van der Waals surface area contributed by atoms with Crippen LogP contribution in [0.1, 0.15) is 168 Å². The maximum absolute atomic E-state index is 13.5. The topological polar surface area (TPSA) is 74.6 Å². The first kappa shape index (κ1) is 39.4. The van der Waals surface area contributed by atoms with Gasteiger partial charge in [-0.25, -0.2) is 4.57 Å². The Balaban J connectivity index is 2.54. The Bertz CT molecular complexity index is 645. The van der Waals surface area contributed by atoms with Gasteiger partial charge in [-0.05, 0) is 25.7 Å². The molecule has 1 atom stereocenters. The Morgan fingerprint density at radius 3 is 1.40 bits per heavy atom. The maximum atomic E-state index is 13.5. The van der Waals surface area contributed by atoms with E-state index in [-0.39, 0.29) is 6.61 Å². The van der Waals surface area contributed by atoms with Crippen molar-refractivity contribution in [3.05, 3.63) is 0 Å². The molecule has 8 heteroatoms. The molecule has 0 aliphatic carbocycles. The number of unbranched alkanes of at least 4 members (excludes halogenated alkanes) is 21. The fourth-order valence-electron chi connectivity index (χ4n) is 5.75. The molecule has 1 aliphatic heterocycles. The Morgan fingerprint density at radius 1 is 0.619 bits per heavy atom. The van der Waals surface area contributed by atoms with Gasteiger partial charge in [-0.3, -0.25) is 9.05 Å². The normalized spacial score (nSPS) is 15.1. The van der Waals surface area contributed by atoms with Gasteiger partial charge in [-0.15, -0.1) is 4.76 Å². The van der Waals surface area contributed by atoms with Gasteiger partial charge in [0, 0.05) is 39.9 Å². The van der Waals surface area contributed by atoms with Crippen LogP contribution in [0, 0.1) is 0 Å². The average molecular weight is 616 g/mol. The standard InChI is InChI=1S/C34H70N3O4P/c1-4-6-8-10-12-14-16-18-20-24-28-36-30-31-37(29-25-21-19-17-15-13-11-9-7-5-2)34(36)35-42(39,40-3)41-33-27-23-22-26-32-38/h38H,4-33H2,1-3H3. The molecule has 0 radical (unpaired) electrons. The van der Waals surface area contributed by atoms with E-state index in [0.29, 0.717) is 6.61 Å². The lowest BCUT2D eigenvalue weighted by Crippen LogP contribution is -2.35. The maximum Gasteiger partial charge on any atom is 0.456 e. The monoisotopic (exact) mass is 616 g/mol. The minimum atomic E-state index is -3.56. The molecule has 0 spiro atoms. The van der Waals surface area contributed by atoms with E-state index in [0.717, 1.165) is 70.7 Å². The van der Waals surface area contributed by atoms with Crippen molar-refractivity contribution in [2.45, 2.75) is 168 Å². The van der Waals surface area contributed by atoms with Gasteiger partial charge in [0.25, 0.3) is 0 Å². The van der Waals surface area contributed by atoms with Crippen LogP contribution < -0.4 is 0 Å². The number of hydrogen-bond acceptors (Lipinski definition) is 4. The summed E-state index contributed by atoms with van der Waals surface area (Å²) in [7, 11) is -2.11. The number of aliphatic hydroxyl groups excluding tert-OH is 1. The Morgan fingerprint density at radius 2 is 1.00 bits per heavy atom. The molecule has 0 aromatic heterocycles. The fourth-order valence-corrected chi connectivity index (χ4v) is 6.83. The minimum Gasteiger partial charge on any atom is -0.396 e. The molecule has 0 bridgehead atoms. The summed E-state index contributed by atoms with van der Waals surface area (Å²) in [4.78, 5) is 4.63. The second-order valence-corrected chi connectivity index (χ2v) is 14.1. The molecule has 7 nitrogen and oxygen atoms in total. The summed E-state index contributed by atoms with van der Waals surface area (Å²) < 4.78 is 29.3. The smallest absolute Gasteiger partial charge is 0.396 e. The van der Waals surface area contributed by atoms with Crippen LogP contribution in [-0.2, 0) is 13.6 Å². The number of nitrogens with zero attached hydrogens (tertiary/aromatic N) is 3. The second kappa shape index (κ2) is 27.9. The highest BCUT2D eigenvalue weighted by Crippen LogP contribution is 2.50. The van der Waals surface area contributed by atoms with Gasteiger partial charge in [0.1, 0.15) is 0 Å². The van der Waals surface area contributed by atoms with Gasteiger partial charge < -0.3 is 14.9 Å².